The highest BCUT2D eigenvalue weighted by molar-refractivity contribution is 8.00. The normalized spacial score (nSPS) is 12.9. The molecule has 3 rings (SSSR count). The average molecular weight is 471 g/mol. The molecule has 2 N–H and O–H groups in total. The van der Waals surface area contributed by atoms with Gasteiger partial charge >= 0.3 is 0 Å². The lowest BCUT2D eigenvalue weighted by atomic mass is 10.0. The maximum absolute atomic E-state index is 12.8. The Hall–Kier alpha value is -2.98. The van der Waals surface area contributed by atoms with E-state index in [0.29, 0.717) is 28.2 Å². The number of hydrogen-bond donors (Lipinski definition) is 2. The molecule has 1 aromatic carbocycles. The number of aromatic nitrogens is 4. The maximum atomic E-state index is 12.8. The number of carbonyl (C=O) groups is 2. The predicted octanol–water partition coefficient (Wildman–Crippen LogP) is 4.17. The number of nitrogens with one attached hydrogen (secondary N) is 2. The summed E-state index contributed by atoms with van der Waals surface area (Å²) in [6.07, 6.45) is 3.38. The summed E-state index contributed by atoms with van der Waals surface area (Å²) in [4.78, 5) is 29.4. The fraction of sp³-hybridized carbons (Fsp3) is 0.318. The van der Waals surface area contributed by atoms with Crippen molar-refractivity contribution in [2.24, 2.45) is 5.92 Å². The van der Waals surface area contributed by atoms with Crippen LogP contribution in [0.4, 0.5) is 5.13 Å². The number of thiazole rings is 1. The van der Waals surface area contributed by atoms with Gasteiger partial charge in [-0.05, 0) is 25.0 Å². The monoisotopic (exact) mass is 470 g/mol. The summed E-state index contributed by atoms with van der Waals surface area (Å²) in [6, 6.07) is 8.70. The van der Waals surface area contributed by atoms with Crippen LogP contribution in [0, 0.1) is 5.92 Å². The van der Waals surface area contributed by atoms with Crippen molar-refractivity contribution in [2.75, 3.05) is 5.32 Å². The molecular formula is C22H26N6O2S2. The van der Waals surface area contributed by atoms with Crippen molar-refractivity contribution in [1.29, 1.82) is 0 Å². The Morgan fingerprint density at radius 2 is 1.97 bits per heavy atom. The third kappa shape index (κ3) is 5.83. The molecule has 0 unspecified atom stereocenters. The summed E-state index contributed by atoms with van der Waals surface area (Å²) in [5.74, 6) is 0.346. The van der Waals surface area contributed by atoms with Crippen LogP contribution in [0.3, 0.4) is 0 Å². The summed E-state index contributed by atoms with van der Waals surface area (Å²) in [5, 5.41) is 17.1. The molecule has 0 saturated carbocycles. The molecule has 0 bridgehead atoms. The maximum Gasteiger partial charge on any atom is 0.251 e. The zero-order valence-electron chi connectivity index (χ0n) is 18.2. The Morgan fingerprint density at radius 3 is 2.59 bits per heavy atom. The van der Waals surface area contributed by atoms with Crippen LogP contribution in [0.2, 0.25) is 0 Å². The topological polar surface area (TPSA) is 102 Å². The fourth-order valence-corrected chi connectivity index (χ4v) is 4.36. The molecule has 2 amide bonds. The Morgan fingerprint density at radius 1 is 1.22 bits per heavy atom. The molecule has 0 spiro atoms. The summed E-state index contributed by atoms with van der Waals surface area (Å²) < 4.78 is 1.89. The number of nitrogens with zero attached hydrogens (tertiary/aromatic N) is 4. The van der Waals surface area contributed by atoms with Crippen molar-refractivity contribution >= 4 is 40.0 Å². The smallest absolute Gasteiger partial charge is 0.251 e. The standard InChI is InChI=1S/C22H26N6O2S2/c1-5-12-28-18(17(14(2)3)24-20(30)16-9-7-6-8-10-16)26-27-22(28)32-15(4)19(29)25-21-23-11-13-31-21/h5-11,13-15,17H,1,12H2,2-4H3,(H,24,30)(H,23,25,29)/t15-,17+/m0/s1. The van der Waals surface area contributed by atoms with Gasteiger partial charge in [-0.3, -0.25) is 9.59 Å². The van der Waals surface area contributed by atoms with E-state index in [1.54, 1.807) is 36.7 Å². The first-order chi connectivity index (χ1) is 15.4. The number of amides is 2. The second kappa shape index (κ2) is 11.1. The van der Waals surface area contributed by atoms with Gasteiger partial charge in [0.2, 0.25) is 5.91 Å². The van der Waals surface area contributed by atoms with E-state index in [1.807, 2.05) is 36.6 Å². The van der Waals surface area contributed by atoms with E-state index in [0.717, 1.165) is 0 Å². The van der Waals surface area contributed by atoms with Gasteiger partial charge < -0.3 is 15.2 Å². The van der Waals surface area contributed by atoms with E-state index in [4.69, 9.17) is 0 Å². The first-order valence-electron chi connectivity index (χ1n) is 10.2. The molecule has 0 saturated heterocycles. The number of allylic oxidation sites excluding steroid dienone is 1. The van der Waals surface area contributed by atoms with Gasteiger partial charge in [0.1, 0.15) is 0 Å². The van der Waals surface area contributed by atoms with Crippen LogP contribution in [-0.4, -0.2) is 36.8 Å². The van der Waals surface area contributed by atoms with Crippen LogP contribution in [0.15, 0.2) is 59.7 Å². The molecule has 0 radical (unpaired) electrons. The van der Waals surface area contributed by atoms with Gasteiger partial charge in [0, 0.05) is 23.7 Å². The molecule has 32 heavy (non-hydrogen) atoms. The third-order valence-electron chi connectivity index (χ3n) is 4.64. The van der Waals surface area contributed by atoms with Gasteiger partial charge in [0.25, 0.3) is 5.91 Å². The number of benzene rings is 1. The second-order valence-corrected chi connectivity index (χ2v) is 9.59. The van der Waals surface area contributed by atoms with E-state index in [2.05, 4.69) is 32.4 Å². The van der Waals surface area contributed by atoms with Crippen molar-refractivity contribution in [3.8, 4) is 0 Å². The summed E-state index contributed by atoms with van der Waals surface area (Å²) >= 11 is 2.66. The van der Waals surface area contributed by atoms with Gasteiger partial charge in [-0.1, -0.05) is 49.9 Å². The molecule has 2 heterocycles. The molecular weight excluding hydrogens is 444 g/mol. The van der Waals surface area contributed by atoms with Crippen LogP contribution in [0.5, 0.6) is 0 Å². The quantitative estimate of drug-likeness (QED) is 0.341. The second-order valence-electron chi connectivity index (χ2n) is 7.39. The van der Waals surface area contributed by atoms with E-state index >= 15 is 0 Å². The Balaban J connectivity index is 1.80. The van der Waals surface area contributed by atoms with Gasteiger partial charge in [0.15, 0.2) is 16.1 Å². The van der Waals surface area contributed by atoms with Crippen LogP contribution in [0.1, 0.15) is 43.0 Å². The Kier molecular flexibility index (Phi) is 8.18. The minimum Gasteiger partial charge on any atom is -0.342 e. The van der Waals surface area contributed by atoms with E-state index in [1.165, 1.54) is 23.1 Å². The zero-order chi connectivity index (χ0) is 23.1. The Bertz CT molecular complexity index is 1050. The number of rotatable bonds is 10. The van der Waals surface area contributed by atoms with E-state index < -0.39 is 5.25 Å². The molecule has 0 fully saturated rings. The molecule has 168 valence electrons. The van der Waals surface area contributed by atoms with Crippen molar-refractivity contribution in [2.45, 2.75) is 43.8 Å². The van der Waals surface area contributed by atoms with Crippen LogP contribution in [0.25, 0.3) is 0 Å². The summed E-state index contributed by atoms with van der Waals surface area (Å²) in [5.41, 5.74) is 0.579. The first kappa shape index (κ1) is 23.7. The van der Waals surface area contributed by atoms with Crippen molar-refractivity contribution in [1.82, 2.24) is 25.1 Å². The lowest BCUT2D eigenvalue weighted by Crippen LogP contribution is -2.34. The molecule has 0 aliphatic carbocycles. The van der Waals surface area contributed by atoms with E-state index in [-0.39, 0.29) is 23.8 Å². The van der Waals surface area contributed by atoms with Gasteiger partial charge in [-0.15, -0.1) is 28.1 Å². The number of carbonyl (C=O) groups excluding carboxylic acids is 2. The lowest BCUT2D eigenvalue weighted by molar-refractivity contribution is -0.115. The summed E-state index contributed by atoms with van der Waals surface area (Å²) in [6.45, 7) is 10.1. The number of hydrogen-bond acceptors (Lipinski definition) is 7. The van der Waals surface area contributed by atoms with Crippen LogP contribution in [-0.2, 0) is 11.3 Å². The highest BCUT2D eigenvalue weighted by Crippen LogP contribution is 2.28. The highest BCUT2D eigenvalue weighted by Gasteiger charge is 2.27. The predicted molar refractivity (Wildman–Crippen MR) is 128 cm³/mol. The minimum absolute atomic E-state index is 0.0684. The Labute approximate surface area is 195 Å². The minimum atomic E-state index is -0.420. The largest absolute Gasteiger partial charge is 0.342 e. The molecule has 0 aliphatic rings. The van der Waals surface area contributed by atoms with E-state index in [9.17, 15) is 9.59 Å². The fourth-order valence-electron chi connectivity index (χ4n) is 2.97. The van der Waals surface area contributed by atoms with Gasteiger partial charge in [-0.2, -0.15) is 0 Å². The van der Waals surface area contributed by atoms with Gasteiger partial charge in [0.05, 0.1) is 11.3 Å². The zero-order valence-corrected chi connectivity index (χ0v) is 19.8. The summed E-state index contributed by atoms with van der Waals surface area (Å²) in [7, 11) is 0. The van der Waals surface area contributed by atoms with Crippen molar-refractivity contribution < 1.29 is 9.59 Å². The molecule has 10 heteroatoms. The lowest BCUT2D eigenvalue weighted by Gasteiger charge is -2.23. The molecule has 2 atom stereocenters. The first-order valence-corrected chi connectivity index (χ1v) is 11.9. The average Bonchev–Trinajstić information content (AvgIpc) is 3.43. The van der Waals surface area contributed by atoms with Crippen LogP contribution < -0.4 is 10.6 Å². The van der Waals surface area contributed by atoms with Crippen LogP contribution >= 0.6 is 23.1 Å². The molecule has 8 nitrogen and oxygen atoms in total. The molecule has 0 aliphatic heterocycles. The van der Waals surface area contributed by atoms with Crippen molar-refractivity contribution in [3.05, 3.63) is 66.0 Å². The third-order valence-corrected chi connectivity index (χ3v) is 6.41. The SMILES string of the molecule is C=CCn1c(S[C@@H](C)C(=O)Nc2nccs2)nnc1[C@H](NC(=O)c1ccccc1)C(C)C. The molecule has 3 aromatic rings. The van der Waals surface area contributed by atoms with Crippen molar-refractivity contribution in [3.63, 3.8) is 0 Å². The number of thioether (sulfide) groups is 1. The highest BCUT2D eigenvalue weighted by atomic mass is 32.2. The molecule has 2 aromatic heterocycles. The number of anilines is 1. The van der Waals surface area contributed by atoms with Gasteiger partial charge in [-0.25, -0.2) is 4.98 Å².